The molecule has 0 amide bonds. The first-order valence-electron chi connectivity index (χ1n) is 4.82. The first-order chi connectivity index (χ1) is 6.74. The van der Waals surface area contributed by atoms with Crippen LogP contribution < -0.4 is 0 Å². The van der Waals surface area contributed by atoms with Crippen LogP contribution in [0.4, 0.5) is 0 Å². The fourth-order valence-electron chi connectivity index (χ4n) is 1.65. The van der Waals surface area contributed by atoms with Gasteiger partial charge in [-0.3, -0.25) is 0 Å². The first-order valence-corrected chi connectivity index (χ1v) is 5.94. The molecule has 0 N–H and O–H groups in total. The molecule has 74 valence electrons. The molecule has 1 unspecified atom stereocenters. The Labute approximate surface area is 93.9 Å². The highest BCUT2D eigenvalue weighted by atomic mass is 79.9. The van der Waals surface area contributed by atoms with Gasteiger partial charge in [0.2, 0.25) is 0 Å². The van der Waals surface area contributed by atoms with Crippen LogP contribution in [0.1, 0.15) is 36.5 Å². The van der Waals surface area contributed by atoms with Gasteiger partial charge in [0.15, 0.2) is 0 Å². The molecule has 0 spiro atoms. The lowest BCUT2D eigenvalue weighted by molar-refractivity contribution is 0.861. The minimum atomic E-state index is 0.471. The maximum absolute atomic E-state index is 8.97. The minimum absolute atomic E-state index is 0.471. The number of rotatable bonds is 3. The molecule has 1 atom stereocenters. The monoisotopic (exact) mass is 251 g/mol. The van der Waals surface area contributed by atoms with Crippen LogP contribution in [-0.4, -0.2) is 5.33 Å². The average molecular weight is 252 g/mol. The molecule has 0 bridgehead atoms. The Hall–Kier alpha value is -0.810. The maximum atomic E-state index is 8.97. The summed E-state index contributed by atoms with van der Waals surface area (Å²) in [6.45, 7) is 4.27. The van der Waals surface area contributed by atoms with Crippen molar-refractivity contribution in [2.24, 2.45) is 0 Å². The van der Waals surface area contributed by atoms with Gasteiger partial charge < -0.3 is 0 Å². The number of hydrogen-bond acceptors (Lipinski definition) is 1. The summed E-state index contributed by atoms with van der Waals surface area (Å²) in [6.07, 6.45) is 0.927. The van der Waals surface area contributed by atoms with E-state index in [-0.39, 0.29) is 0 Å². The fourth-order valence-corrected chi connectivity index (χ4v) is 2.00. The van der Waals surface area contributed by atoms with Crippen molar-refractivity contribution in [2.75, 3.05) is 5.33 Å². The molecule has 0 saturated heterocycles. The summed E-state index contributed by atoms with van der Waals surface area (Å²) in [6, 6.07) is 8.22. The van der Waals surface area contributed by atoms with E-state index in [0.717, 1.165) is 17.3 Å². The van der Waals surface area contributed by atoms with Gasteiger partial charge in [-0.05, 0) is 29.5 Å². The number of halogens is 1. The molecular weight excluding hydrogens is 238 g/mol. The van der Waals surface area contributed by atoms with Crippen LogP contribution >= 0.6 is 15.9 Å². The molecule has 0 fully saturated rings. The van der Waals surface area contributed by atoms with E-state index in [1.54, 1.807) is 0 Å². The molecule has 2 heteroatoms. The summed E-state index contributed by atoms with van der Waals surface area (Å²) in [5.41, 5.74) is 3.31. The molecule has 14 heavy (non-hydrogen) atoms. The number of hydrogen-bond donors (Lipinski definition) is 0. The molecule has 1 nitrogen and oxygen atoms in total. The SMILES string of the molecule is CCc1c(C#N)cccc1C(C)CBr. The molecule has 1 rings (SSSR count). The van der Waals surface area contributed by atoms with Gasteiger partial charge in [-0.2, -0.15) is 5.26 Å². The highest BCUT2D eigenvalue weighted by Gasteiger charge is 2.11. The smallest absolute Gasteiger partial charge is 0.0994 e. The largest absolute Gasteiger partial charge is 0.192 e. The predicted molar refractivity (Wildman–Crippen MR) is 62.7 cm³/mol. The van der Waals surface area contributed by atoms with E-state index in [0.29, 0.717) is 5.92 Å². The second-order valence-electron chi connectivity index (χ2n) is 3.39. The standard InChI is InChI=1S/C12H14BrN/c1-3-11-10(8-14)5-4-6-12(11)9(2)7-13/h4-6,9H,3,7H2,1-2H3. The molecule has 0 aromatic heterocycles. The normalized spacial score (nSPS) is 12.1. The lowest BCUT2D eigenvalue weighted by Gasteiger charge is -2.14. The molecule has 0 radical (unpaired) electrons. The fraction of sp³-hybridized carbons (Fsp3) is 0.417. The number of nitrogens with zero attached hydrogens (tertiary/aromatic N) is 1. The van der Waals surface area contributed by atoms with E-state index in [2.05, 4.69) is 41.9 Å². The van der Waals surface area contributed by atoms with Crippen molar-refractivity contribution in [3.63, 3.8) is 0 Å². The van der Waals surface area contributed by atoms with E-state index < -0.39 is 0 Å². The zero-order valence-corrected chi connectivity index (χ0v) is 10.1. The van der Waals surface area contributed by atoms with E-state index in [4.69, 9.17) is 5.26 Å². The summed E-state index contributed by atoms with van der Waals surface area (Å²) < 4.78 is 0. The second-order valence-corrected chi connectivity index (χ2v) is 4.04. The molecule has 1 aromatic carbocycles. The Morgan fingerprint density at radius 3 is 2.71 bits per heavy atom. The van der Waals surface area contributed by atoms with E-state index in [9.17, 15) is 0 Å². The molecule has 0 aliphatic rings. The van der Waals surface area contributed by atoms with Crippen molar-refractivity contribution in [2.45, 2.75) is 26.2 Å². The number of alkyl halides is 1. The summed E-state index contributed by atoms with van der Waals surface area (Å²) in [5, 5.41) is 9.91. The van der Waals surface area contributed by atoms with Crippen molar-refractivity contribution >= 4 is 15.9 Å². The van der Waals surface area contributed by atoms with Gasteiger partial charge >= 0.3 is 0 Å². The van der Waals surface area contributed by atoms with Gasteiger partial charge in [0, 0.05) is 5.33 Å². The van der Waals surface area contributed by atoms with Crippen LogP contribution in [0.15, 0.2) is 18.2 Å². The van der Waals surface area contributed by atoms with E-state index in [1.807, 2.05) is 12.1 Å². The van der Waals surface area contributed by atoms with Crippen molar-refractivity contribution in [3.05, 3.63) is 34.9 Å². The summed E-state index contributed by atoms with van der Waals surface area (Å²) in [5.74, 6) is 0.471. The quantitative estimate of drug-likeness (QED) is 0.754. The predicted octanol–water partition coefficient (Wildman–Crippen LogP) is 3.62. The summed E-state index contributed by atoms with van der Waals surface area (Å²) in [7, 11) is 0. The molecule has 0 aliphatic heterocycles. The molecule has 0 heterocycles. The lowest BCUT2D eigenvalue weighted by Crippen LogP contribution is -2.01. The molecule has 0 aliphatic carbocycles. The third-order valence-corrected chi connectivity index (χ3v) is 3.42. The van der Waals surface area contributed by atoms with E-state index >= 15 is 0 Å². The van der Waals surface area contributed by atoms with Crippen LogP contribution in [0.2, 0.25) is 0 Å². The van der Waals surface area contributed by atoms with Gasteiger partial charge in [0.25, 0.3) is 0 Å². The third-order valence-electron chi connectivity index (χ3n) is 2.45. The maximum Gasteiger partial charge on any atom is 0.0994 e. The topological polar surface area (TPSA) is 23.8 Å². The third kappa shape index (κ3) is 2.16. The summed E-state index contributed by atoms with van der Waals surface area (Å²) in [4.78, 5) is 0. The van der Waals surface area contributed by atoms with Crippen molar-refractivity contribution in [1.29, 1.82) is 5.26 Å². The zero-order valence-electron chi connectivity index (χ0n) is 8.55. The van der Waals surface area contributed by atoms with Gasteiger partial charge in [0.05, 0.1) is 11.6 Å². The van der Waals surface area contributed by atoms with Crippen molar-refractivity contribution in [3.8, 4) is 6.07 Å². The Kier molecular flexibility index (Phi) is 4.16. The van der Waals surface area contributed by atoms with Crippen LogP contribution in [-0.2, 0) is 6.42 Å². The van der Waals surface area contributed by atoms with E-state index in [1.165, 1.54) is 11.1 Å². The minimum Gasteiger partial charge on any atom is -0.192 e. The lowest BCUT2D eigenvalue weighted by atomic mass is 9.92. The van der Waals surface area contributed by atoms with Crippen molar-refractivity contribution in [1.82, 2.24) is 0 Å². The Morgan fingerprint density at radius 2 is 2.21 bits per heavy atom. The Balaban J connectivity index is 3.23. The zero-order chi connectivity index (χ0) is 10.6. The molecule has 1 aromatic rings. The highest BCUT2D eigenvalue weighted by Crippen LogP contribution is 2.24. The first kappa shape index (κ1) is 11.3. The van der Waals surface area contributed by atoms with Gasteiger partial charge in [-0.15, -0.1) is 0 Å². The van der Waals surface area contributed by atoms with Crippen LogP contribution in [0, 0.1) is 11.3 Å². The number of nitriles is 1. The van der Waals surface area contributed by atoms with Crippen molar-refractivity contribution < 1.29 is 0 Å². The molecule has 0 saturated carbocycles. The Morgan fingerprint density at radius 1 is 1.50 bits per heavy atom. The number of benzene rings is 1. The van der Waals surface area contributed by atoms with Crippen LogP contribution in [0.25, 0.3) is 0 Å². The summed E-state index contributed by atoms with van der Waals surface area (Å²) >= 11 is 3.48. The van der Waals surface area contributed by atoms with Gasteiger partial charge in [-0.1, -0.05) is 41.9 Å². The Bertz CT molecular complexity index is 352. The second kappa shape index (κ2) is 5.17. The van der Waals surface area contributed by atoms with Crippen LogP contribution in [0.3, 0.4) is 0 Å². The highest BCUT2D eigenvalue weighted by molar-refractivity contribution is 9.09. The van der Waals surface area contributed by atoms with Gasteiger partial charge in [0.1, 0.15) is 0 Å². The van der Waals surface area contributed by atoms with Gasteiger partial charge in [-0.25, -0.2) is 0 Å². The average Bonchev–Trinajstić information content (AvgIpc) is 2.26. The van der Waals surface area contributed by atoms with Crippen LogP contribution in [0.5, 0.6) is 0 Å². The molecular formula is C12H14BrN.